The Morgan fingerprint density at radius 1 is 0.905 bits per heavy atom. The average Bonchev–Trinajstić information content (AvgIpc) is 4.24. The fourth-order valence-electron chi connectivity index (χ4n) is 11.9. The van der Waals surface area contributed by atoms with Crippen molar-refractivity contribution in [2.45, 2.75) is 81.0 Å². The lowest BCUT2D eigenvalue weighted by Gasteiger charge is -2.39. The van der Waals surface area contributed by atoms with Gasteiger partial charge in [0.15, 0.2) is 0 Å². The maximum atomic E-state index is 14.2. The number of ether oxygens (including phenoxy) is 1. The SMILES string of the molecule is CC1(C)CCC(CN2CCN(c3ccc(C(=O)NS(=O)(=O)c4ccc(NCC5CCN(CCCSc6cccc7c6C(=O)N(C6CCC(=O)NC6=O)C7=O)CC5)c([N+](=O)[O-])c4)c(Oc4cnc5[nH]ccc5c4)c3)CC2)=C(c2ccc(Cl)cc2)C1. The van der Waals surface area contributed by atoms with E-state index in [2.05, 4.69) is 66.0 Å². The molecule has 3 fully saturated rings. The van der Waals surface area contributed by atoms with Crippen LogP contribution in [0.25, 0.3) is 16.6 Å². The Morgan fingerprint density at radius 2 is 1.69 bits per heavy atom. The number of thioether (sulfide) groups is 1. The number of imide groups is 2. The summed E-state index contributed by atoms with van der Waals surface area (Å²) in [5.41, 5.74) is 5.84. The molecule has 1 aliphatic carbocycles. The number of allylic oxidation sites excluding steroid dienone is 1. The highest BCUT2D eigenvalue weighted by atomic mass is 35.5. The van der Waals surface area contributed by atoms with Gasteiger partial charge in [0.05, 0.1) is 32.7 Å². The summed E-state index contributed by atoms with van der Waals surface area (Å²) in [6.07, 6.45) is 8.96. The molecular formula is C61H65ClN10O10S2. The van der Waals surface area contributed by atoms with Crippen molar-refractivity contribution >= 4 is 96.6 Å². The topological polar surface area (TPSA) is 250 Å². The van der Waals surface area contributed by atoms with Gasteiger partial charge in [-0.1, -0.05) is 49.2 Å². The van der Waals surface area contributed by atoms with E-state index < -0.39 is 61.1 Å². The third kappa shape index (κ3) is 12.9. The lowest BCUT2D eigenvalue weighted by Crippen LogP contribution is -2.54. The van der Waals surface area contributed by atoms with E-state index in [-0.39, 0.29) is 52.3 Å². The van der Waals surface area contributed by atoms with Crippen molar-refractivity contribution in [2.24, 2.45) is 11.3 Å². The van der Waals surface area contributed by atoms with Crippen molar-refractivity contribution in [1.82, 2.24) is 34.7 Å². The number of anilines is 2. The molecule has 2 aromatic heterocycles. The summed E-state index contributed by atoms with van der Waals surface area (Å²) in [5.74, 6) is -1.85. The van der Waals surface area contributed by atoms with Gasteiger partial charge in [0, 0.05) is 85.0 Å². The van der Waals surface area contributed by atoms with Crippen molar-refractivity contribution in [3.63, 3.8) is 0 Å². The molecule has 1 unspecified atom stereocenters. The Balaban J connectivity index is 0.695. The molecule has 11 rings (SSSR count). The lowest BCUT2D eigenvalue weighted by atomic mass is 9.72. The summed E-state index contributed by atoms with van der Waals surface area (Å²) < 4.78 is 36.5. The van der Waals surface area contributed by atoms with Gasteiger partial charge in [-0.05, 0) is 153 Å². The number of fused-ring (bicyclic) bond motifs is 2. The number of piperidine rings is 2. The fourth-order valence-corrected chi connectivity index (χ4v) is 14.1. The third-order valence-electron chi connectivity index (χ3n) is 16.6. The summed E-state index contributed by atoms with van der Waals surface area (Å²) in [5, 5.41) is 19.4. The van der Waals surface area contributed by atoms with E-state index in [1.54, 1.807) is 42.6 Å². The molecule has 438 valence electrons. The van der Waals surface area contributed by atoms with Gasteiger partial charge in [0.25, 0.3) is 33.4 Å². The highest BCUT2D eigenvalue weighted by Crippen LogP contribution is 2.44. The maximum Gasteiger partial charge on any atom is 0.293 e. The normalized spacial score (nSPS) is 19.0. The minimum atomic E-state index is -4.64. The number of sulfonamides is 1. The predicted molar refractivity (Wildman–Crippen MR) is 321 cm³/mol. The predicted octanol–water partition coefficient (Wildman–Crippen LogP) is 9.53. The number of aromatic nitrogens is 2. The number of aromatic amines is 1. The quantitative estimate of drug-likeness (QED) is 0.0194. The largest absolute Gasteiger partial charge is 0.455 e. The number of hydrogen-bond acceptors (Lipinski definition) is 16. The zero-order valence-corrected chi connectivity index (χ0v) is 49.0. The number of nitrogens with one attached hydrogen (secondary N) is 4. The first-order chi connectivity index (χ1) is 40.4. The number of likely N-dealkylation sites (tertiary alicyclic amines) is 1. The van der Waals surface area contributed by atoms with Gasteiger partial charge in [-0.25, -0.2) is 18.1 Å². The first-order valence-corrected chi connectivity index (χ1v) is 31.2. The van der Waals surface area contributed by atoms with Crippen molar-refractivity contribution in [2.75, 3.05) is 74.9 Å². The van der Waals surface area contributed by atoms with Crippen molar-refractivity contribution < 1.29 is 42.1 Å². The van der Waals surface area contributed by atoms with Crippen LogP contribution in [0.4, 0.5) is 17.1 Å². The lowest BCUT2D eigenvalue weighted by molar-refractivity contribution is -0.384. The molecule has 3 saturated heterocycles. The second-order valence-corrected chi connectivity index (χ2v) is 26.2. The Hall–Kier alpha value is -7.63. The molecular weight excluding hydrogens is 1130 g/mol. The molecule has 20 nitrogen and oxygen atoms in total. The Bertz CT molecular complexity index is 3730. The number of carbonyl (C=O) groups is 5. The molecule has 23 heteroatoms. The molecule has 0 saturated carbocycles. The van der Waals surface area contributed by atoms with E-state index in [9.17, 15) is 42.5 Å². The van der Waals surface area contributed by atoms with Crippen LogP contribution in [0.15, 0.2) is 119 Å². The molecule has 5 amide bonds. The number of carbonyl (C=O) groups excluding carboxylic acids is 5. The molecule has 6 aromatic rings. The number of rotatable bonds is 19. The number of pyridine rings is 1. The maximum absolute atomic E-state index is 14.2. The number of amides is 5. The van der Waals surface area contributed by atoms with E-state index in [4.69, 9.17) is 16.3 Å². The zero-order valence-electron chi connectivity index (χ0n) is 46.7. The minimum Gasteiger partial charge on any atom is -0.455 e. The summed E-state index contributed by atoms with van der Waals surface area (Å²) in [6, 6.07) is 24.4. The monoisotopic (exact) mass is 1200 g/mol. The van der Waals surface area contributed by atoms with E-state index in [1.165, 1.54) is 52.9 Å². The highest BCUT2D eigenvalue weighted by molar-refractivity contribution is 7.99. The van der Waals surface area contributed by atoms with Gasteiger partial charge in [-0.3, -0.25) is 49.2 Å². The molecule has 84 heavy (non-hydrogen) atoms. The molecule has 0 radical (unpaired) electrons. The van der Waals surface area contributed by atoms with Crippen LogP contribution in [0.5, 0.6) is 11.5 Å². The van der Waals surface area contributed by atoms with Crippen molar-refractivity contribution in [1.29, 1.82) is 0 Å². The van der Waals surface area contributed by atoms with Crippen LogP contribution in [0, 0.1) is 21.4 Å². The molecule has 6 heterocycles. The smallest absolute Gasteiger partial charge is 0.293 e. The standard InChI is InChI=1S/C61H65ClN10O10S2/c1-61(2)21-17-41(48(34-61)39-7-9-42(62)10-8-39)37-69-26-28-70(29-27-69)43-11-13-46(52(32-43)82-44-31-40-18-22-63-56(40)65-36-44)57(74)67-84(80,81)45-12-14-49(51(33-45)72(78)79)64-35-38-19-24-68(25-20-38)23-4-30-83-53-6-3-5-47-55(53)60(77)71(59(47)76)50-15-16-54(73)66-58(50)75/h3,5-14,18,22,31-33,36,38,50,64H,4,15-17,19-21,23-30,34-35,37H2,1-2H3,(H,63,65)(H,67,74)(H,66,73,75). The Kier molecular flexibility index (Phi) is 17.0. The van der Waals surface area contributed by atoms with Crippen molar-refractivity contribution in [3.8, 4) is 11.5 Å². The van der Waals surface area contributed by atoms with Gasteiger partial charge in [-0.15, -0.1) is 11.8 Å². The molecule has 4 aromatic carbocycles. The Morgan fingerprint density at radius 3 is 2.45 bits per heavy atom. The molecule has 4 aliphatic heterocycles. The minimum absolute atomic E-state index is 0.0460. The molecule has 1 atom stereocenters. The number of nitrogens with zero attached hydrogens (tertiary/aromatic N) is 6. The highest BCUT2D eigenvalue weighted by Gasteiger charge is 2.46. The summed E-state index contributed by atoms with van der Waals surface area (Å²) >= 11 is 7.74. The van der Waals surface area contributed by atoms with Crippen LogP contribution < -0.4 is 25.0 Å². The number of piperazine rings is 1. The number of hydrogen-bond donors (Lipinski definition) is 4. The summed E-state index contributed by atoms with van der Waals surface area (Å²) in [4.78, 5) is 92.7. The van der Waals surface area contributed by atoms with Gasteiger partial charge in [-0.2, -0.15) is 0 Å². The second kappa shape index (κ2) is 24.5. The average molecular weight is 1200 g/mol. The number of halogens is 1. The van der Waals surface area contributed by atoms with E-state index >= 15 is 0 Å². The van der Waals surface area contributed by atoms with Gasteiger partial charge < -0.3 is 24.8 Å². The van der Waals surface area contributed by atoms with Gasteiger partial charge >= 0.3 is 0 Å². The summed E-state index contributed by atoms with van der Waals surface area (Å²) in [6.45, 7) is 11.3. The molecule has 4 N–H and O–H groups in total. The van der Waals surface area contributed by atoms with Crippen LogP contribution in [0.2, 0.25) is 5.02 Å². The second-order valence-electron chi connectivity index (χ2n) is 22.9. The third-order valence-corrected chi connectivity index (χ3v) is 19.4. The van der Waals surface area contributed by atoms with E-state index in [1.807, 2.05) is 18.2 Å². The zero-order chi connectivity index (χ0) is 58.9. The first kappa shape index (κ1) is 58.2. The van der Waals surface area contributed by atoms with E-state index in [0.29, 0.717) is 46.7 Å². The number of H-pyrrole nitrogens is 1. The molecule has 5 aliphatic rings. The van der Waals surface area contributed by atoms with Crippen LogP contribution in [0.3, 0.4) is 0 Å². The fraction of sp³-hybridized carbons (Fsp3) is 0.377. The summed E-state index contributed by atoms with van der Waals surface area (Å²) in [7, 11) is -4.64. The van der Waals surface area contributed by atoms with Crippen molar-refractivity contribution in [3.05, 3.63) is 146 Å². The number of benzene rings is 4. The van der Waals surface area contributed by atoms with Crippen LogP contribution >= 0.6 is 23.4 Å². The Labute approximate surface area is 495 Å². The van der Waals surface area contributed by atoms with Gasteiger partial charge in [0.2, 0.25) is 11.8 Å². The van der Waals surface area contributed by atoms with Crippen LogP contribution in [-0.4, -0.2) is 138 Å². The molecule has 0 spiro atoms. The van der Waals surface area contributed by atoms with Gasteiger partial charge in [0.1, 0.15) is 28.9 Å². The van der Waals surface area contributed by atoms with Crippen LogP contribution in [0.1, 0.15) is 102 Å². The number of nitro groups is 1. The molecule has 0 bridgehead atoms. The number of nitro benzene ring substituents is 1. The van der Waals surface area contributed by atoms with Crippen LogP contribution in [-0.2, 0) is 19.6 Å². The first-order valence-electron chi connectivity index (χ1n) is 28.3. The van der Waals surface area contributed by atoms with E-state index in [0.717, 1.165) is 99.8 Å².